The summed E-state index contributed by atoms with van der Waals surface area (Å²) >= 11 is 9.47. The summed E-state index contributed by atoms with van der Waals surface area (Å²) in [6.45, 7) is 3.28. The highest BCUT2D eigenvalue weighted by atomic mass is 79.9. The van der Waals surface area contributed by atoms with E-state index in [1.807, 2.05) is 13.0 Å². The quantitative estimate of drug-likeness (QED) is 0.617. The van der Waals surface area contributed by atoms with Crippen molar-refractivity contribution in [3.05, 3.63) is 57.0 Å². The molecule has 1 fully saturated rings. The molecule has 3 aromatic rings. The molecule has 0 bridgehead atoms. The molecule has 3 heterocycles. The van der Waals surface area contributed by atoms with Crippen molar-refractivity contribution in [1.82, 2.24) is 24.5 Å². The van der Waals surface area contributed by atoms with E-state index in [4.69, 9.17) is 16.3 Å². The van der Waals surface area contributed by atoms with Crippen molar-refractivity contribution in [3.63, 3.8) is 0 Å². The van der Waals surface area contributed by atoms with Crippen molar-refractivity contribution in [2.24, 2.45) is 0 Å². The Bertz CT molecular complexity index is 992. The van der Waals surface area contributed by atoms with Gasteiger partial charge in [0.2, 0.25) is 0 Å². The lowest BCUT2D eigenvalue weighted by Crippen LogP contribution is -2.42. The lowest BCUT2D eigenvalue weighted by atomic mass is 10.1. The molecule has 1 aliphatic heterocycles. The second kappa shape index (κ2) is 6.94. The van der Waals surface area contributed by atoms with Gasteiger partial charge in [-0.15, -0.1) is 0 Å². The van der Waals surface area contributed by atoms with Gasteiger partial charge in [-0.2, -0.15) is 14.6 Å². The van der Waals surface area contributed by atoms with E-state index >= 15 is 0 Å². The Morgan fingerprint density at radius 1 is 1.38 bits per heavy atom. The lowest BCUT2D eigenvalue weighted by molar-refractivity contribution is -0.0257. The Kier molecular flexibility index (Phi) is 4.64. The number of benzene rings is 1. The van der Waals surface area contributed by atoms with Gasteiger partial charge in [0.1, 0.15) is 12.4 Å². The van der Waals surface area contributed by atoms with E-state index in [1.54, 1.807) is 27.6 Å². The van der Waals surface area contributed by atoms with Crippen molar-refractivity contribution >= 4 is 39.2 Å². The number of fused-ring (bicyclic) bond motifs is 1. The van der Waals surface area contributed by atoms with E-state index in [2.05, 4.69) is 31.0 Å². The summed E-state index contributed by atoms with van der Waals surface area (Å²) in [5, 5.41) is 4.73. The van der Waals surface area contributed by atoms with Crippen LogP contribution in [-0.4, -0.2) is 50.1 Å². The summed E-state index contributed by atoms with van der Waals surface area (Å²) in [4.78, 5) is 23.1. The largest absolute Gasteiger partial charge is 0.368 e. The number of carbonyl (C=O) groups is 1. The third kappa shape index (κ3) is 3.20. The van der Waals surface area contributed by atoms with E-state index in [0.29, 0.717) is 36.1 Å². The number of halogens is 2. The number of morpholine rings is 1. The van der Waals surface area contributed by atoms with Crippen molar-refractivity contribution in [2.75, 3.05) is 19.7 Å². The summed E-state index contributed by atoms with van der Waals surface area (Å²) in [6, 6.07) is 7.12. The van der Waals surface area contributed by atoms with Crippen LogP contribution in [0, 0.1) is 6.92 Å². The molecule has 7 nitrogen and oxygen atoms in total. The van der Waals surface area contributed by atoms with Gasteiger partial charge in [-0.25, -0.2) is 4.98 Å². The van der Waals surface area contributed by atoms with Gasteiger partial charge >= 0.3 is 0 Å². The first-order chi connectivity index (χ1) is 12.5. The monoisotopic (exact) mass is 435 g/mol. The minimum absolute atomic E-state index is 0.0756. The molecule has 134 valence electrons. The zero-order chi connectivity index (χ0) is 18.3. The number of ether oxygens (including phenoxy) is 1. The van der Waals surface area contributed by atoms with E-state index < -0.39 is 0 Å². The average Bonchev–Trinajstić information content (AvgIpc) is 3.11. The van der Waals surface area contributed by atoms with Gasteiger partial charge in [0.25, 0.3) is 11.7 Å². The maximum absolute atomic E-state index is 12.9. The molecular formula is C17H15BrClN5O2. The lowest BCUT2D eigenvalue weighted by Gasteiger charge is -2.33. The second-order valence-electron chi connectivity index (χ2n) is 6.03. The fourth-order valence-corrected chi connectivity index (χ4v) is 3.44. The van der Waals surface area contributed by atoms with Crippen LogP contribution in [0.15, 0.2) is 35.1 Å². The molecule has 1 aliphatic rings. The molecule has 1 amide bonds. The van der Waals surface area contributed by atoms with Crippen molar-refractivity contribution in [1.29, 1.82) is 0 Å². The van der Waals surface area contributed by atoms with Gasteiger partial charge in [0.05, 0.1) is 23.9 Å². The molecule has 4 rings (SSSR count). The van der Waals surface area contributed by atoms with Gasteiger partial charge in [-0.1, -0.05) is 11.6 Å². The second-order valence-corrected chi connectivity index (χ2v) is 7.30. The molecule has 1 atom stereocenters. The summed E-state index contributed by atoms with van der Waals surface area (Å²) in [5.41, 5.74) is 2.21. The van der Waals surface area contributed by atoms with Crippen LogP contribution in [-0.2, 0) is 4.74 Å². The summed E-state index contributed by atoms with van der Waals surface area (Å²) in [5.74, 6) is 0.444. The van der Waals surface area contributed by atoms with Crippen LogP contribution in [0.5, 0.6) is 0 Å². The summed E-state index contributed by atoms with van der Waals surface area (Å²) < 4.78 is 8.33. The van der Waals surface area contributed by atoms with Crippen molar-refractivity contribution in [2.45, 2.75) is 13.0 Å². The maximum atomic E-state index is 12.9. The standard InChI is InChI=1S/C17H15BrClN5O2/c1-10-6-14(24-17(22-10)20-9-21-24)15-8-23(4-5-26-15)16(25)11-2-3-12(18)13(19)7-11/h2-3,6-7,9,15H,4-5,8H2,1H3/t15-/m1/s1. The van der Waals surface area contributed by atoms with Crippen molar-refractivity contribution < 1.29 is 9.53 Å². The smallest absolute Gasteiger partial charge is 0.254 e. The Morgan fingerprint density at radius 2 is 2.23 bits per heavy atom. The fraction of sp³-hybridized carbons (Fsp3) is 0.294. The number of hydrogen-bond donors (Lipinski definition) is 0. The predicted octanol–water partition coefficient (Wildman–Crippen LogP) is 3.06. The van der Waals surface area contributed by atoms with Gasteiger partial charge in [0, 0.05) is 22.3 Å². The first-order valence-electron chi connectivity index (χ1n) is 8.06. The molecule has 0 spiro atoms. The molecule has 1 saturated heterocycles. The molecule has 2 aromatic heterocycles. The molecule has 0 saturated carbocycles. The molecule has 9 heteroatoms. The number of rotatable bonds is 2. The Balaban J connectivity index is 1.62. The first-order valence-corrected chi connectivity index (χ1v) is 9.23. The molecule has 0 radical (unpaired) electrons. The van der Waals surface area contributed by atoms with Gasteiger partial charge in [0.15, 0.2) is 0 Å². The third-order valence-electron chi connectivity index (χ3n) is 4.26. The van der Waals surface area contributed by atoms with Crippen LogP contribution >= 0.6 is 27.5 Å². The van der Waals surface area contributed by atoms with Crippen LogP contribution in [0.2, 0.25) is 5.02 Å². The number of aryl methyl sites for hydroxylation is 1. The van der Waals surface area contributed by atoms with Crippen molar-refractivity contribution in [3.8, 4) is 0 Å². The SMILES string of the molecule is Cc1cc([C@H]2CN(C(=O)c3ccc(Br)c(Cl)c3)CCO2)n2ncnc2n1. The molecule has 0 aliphatic carbocycles. The Labute approximate surface area is 163 Å². The number of carbonyl (C=O) groups excluding carboxylic acids is 1. The van der Waals surface area contributed by atoms with Crippen LogP contribution in [0.25, 0.3) is 5.78 Å². The predicted molar refractivity (Wildman–Crippen MR) is 99.3 cm³/mol. The number of nitrogens with zero attached hydrogens (tertiary/aromatic N) is 5. The molecule has 0 unspecified atom stereocenters. The Hall–Kier alpha value is -2.03. The third-order valence-corrected chi connectivity index (χ3v) is 5.49. The number of hydrogen-bond acceptors (Lipinski definition) is 5. The topological polar surface area (TPSA) is 72.6 Å². The summed E-state index contributed by atoms with van der Waals surface area (Å²) in [7, 11) is 0. The molecule has 1 aromatic carbocycles. The van der Waals surface area contributed by atoms with Gasteiger partial charge < -0.3 is 9.64 Å². The molecule has 0 N–H and O–H groups in total. The average molecular weight is 437 g/mol. The highest BCUT2D eigenvalue weighted by Gasteiger charge is 2.28. The maximum Gasteiger partial charge on any atom is 0.254 e. The van der Waals surface area contributed by atoms with Gasteiger partial charge in [-0.3, -0.25) is 4.79 Å². The molecular weight excluding hydrogens is 422 g/mol. The zero-order valence-corrected chi connectivity index (χ0v) is 16.2. The van der Waals surface area contributed by atoms with E-state index in [0.717, 1.165) is 15.9 Å². The van der Waals surface area contributed by atoms with E-state index in [-0.39, 0.29) is 12.0 Å². The minimum atomic E-state index is -0.301. The van der Waals surface area contributed by atoms with Crippen LogP contribution in [0.3, 0.4) is 0 Å². The highest BCUT2D eigenvalue weighted by molar-refractivity contribution is 9.10. The first kappa shape index (κ1) is 17.4. The van der Waals surface area contributed by atoms with E-state index in [9.17, 15) is 4.79 Å². The van der Waals surface area contributed by atoms with Crippen LogP contribution < -0.4 is 0 Å². The number of amides is 1. The highest BCUT2D eigenvalue weighted by Crippen LogP contribution is 2.26. The van der Waals surface area contributed by atoms with Crippen LogP contribution in [0.4, 0.5) is 0 Å². The fourth-order valence-electron chi connectivity index (χ4n) is 3.01. The number of aromatic nitrogens is 4. The van der Waals surface area contributed by atoms with Gasteiger partial charge in [-0.05, 0) is 47.1 Å². The zero-order valence-electron chi connectivity index (χ0n) is 13.9. The normalized spacial score (nSPS) is 17.7. The molecule has 26 heavy (non-hydrogen) atoms. The Morgan fingerprint density at radius 3 is 3.04 bits per heavy atom. The van der Waals surface area contributed by atoms with E-state index in [1.165, 1.54) is 6.33 Å². The summed E-state index contributed by atoms with van der Waals surface area (Å²) in [6.07, 6.45) is 1.16. The van der Waals surface area contributed by atoms with Crippen LogP contribution in [0.1, 0.15) is 27.8 Å². The minimum Gasteiger partial charge on any atom is -0.368 e.